The largest absolute Gasteiger partial charge is 0.378 e. The van der Waals surface area contributed by atoms with Crippen LogP contribution in [0.4, 0.5) is 5.82 Å². The molecule has 4 rings (SSSR count). The second-order valence-corrected chi connectivity index (χ2v) is 6.87. The number of anilines is 1. The lowest BCUT2D eigenvalue weighted by atomic mass is 9.96. The van der Waals surface area contributed by atoms with Crippen LogP contribution in [0.15, 0.2) is 23.3 Å². The Morgan fingerprint density at radius 1 is 1.35 bits per heavy atom. The Morgan fingerprint density at radius 2 is 2.19 bits per heavy atom. The van der Waals surface area contributed by atoms with Crippen LogP contribution in [0.2, 0.25) is 0 Å². The van der Waals surface area contributed by atoms with E-state index in [4.69, 9.17) is 9.47 Å². The number of guanidine groups is 1. The van der Waals surface area contributed by atoms with Crippen LogP contribution in [-0.2, 0) is 16.0 Å². The number of halogens is 1. The van der Waals surface area contributed by atoms with Gasteiger partial charge in [0.05, 0.1) is 31.5 Å². The van der Waals surface area contributed by atoms with Crippen molar-refractivity contribution in [2.24, 2.45) is 4.99 Å². The molecule has 7 nitrogen and oxygen atoms in total. The average Bonchev–Trinajstić information content (AvgIpc) is 3.29. The molecule has 3 saturated heterocycles. The highest BCUT2D eigenvalue weighted by atomic mass is 127. The highest BCUT2D eigenvalue weighted by Gasteiger charge is 2.41. The van der Waals surface area contributed by atoms with Crippen LogP contribution in [0.3, 0.4) is 0 Å². The maximum atomic E-state index is 5.92. The first-order valence-electron chi connectivity index (χ1n) is 9.22. The molecule has 0 aromatic carbocycles. The predicted molar refractivity (Wildman–Crippen MR) is 112 cm³/mol. The zero-order valence-corrected chi connectivity index (χ0v) is 17.5. The zero-order chi connectivity index (χ0) is 17.1. The van der Waals surface area contributed by atoms with Gasteiger partial charge in [-0.1, -0.05) is 6.07 Å². The molecule has 1 aromatic heterocycles. The van der Waals surface area contributed by atoms with Crippen molar-refractivity contribution in [3.63, 3.8) is 0 Å². The van der Waals surface area contributed by atoms with Crippen LogP contribution >= 0.6 is 24.0 Å². The van der Waals surface area contributed by atoms with E-state index in [1.165, 1.54) is 12.0 Å². The average molecular weight is 473 g/mol. The number of nitrogens with one attached hydrogen (secondary N) is 2. The van der Waals surface area contributed by atoms with Gasteiger partial charge in [-0.3, -0.25) is 4.99 Å². The summed E-state index contributed by atoms with van der Waals surface area (Å²) in [5.41, 5.74) is 1.18. The molecule has 3 aliphatic heterocycles. The number of hydrogen-bond acceptors (Lipinski definition) is 5. The monoisotopic (exact) mass is 473 g/mol. The van der Waals surface area contributed by atoms with Gasteiger partial charge in [0.15, 0.2) is 5.96 Å². The number of aromatic nitrogens is 1. The minimum absolute atomic E-state index is 0. The number of ether oxygens (including phenoxy) is 2. The number of nitrogens with zero attached hydrogens (tertiary/aromatic N) is 3. The Hall–Kier alpha value is -1.13. The van der Waals surface area contributed by atoms with Crippen LogP contribution in [-0.4, -0.2) is 62.5 Å². The second-order valence-electron chi connectivity index (χ2n) is 6.87. The number of fused-ring (bicyclic) bond motifs is 2. The lowest BCUT2D eigenvalue weighted by molar-refractivity contribution is 0.0992. The predicted octanol–water partition coefficient (Wildman–Crippen LogP) is 1.52. The van der Waals surface area contributed by atoms with Gasteiger partial charge >= 0.3 is 0 Å². The molecule has 0 radical (unpaired) electrons. The summed E-state index contributed by atoms with van der Waals surface area (Å²) in [6, 6.07) is 4.48. The van der Waals surface area contributed by atoms with E-state index in [0.29, 0.717) is 24.8 Å². The van der Waals surface area contributed by atoms with Gasteiger partial charge in [0.1, 0.15) is 5.82 Å². The molecule has 0 spiro atoms. The summed E-state index contributed by atoms with van der Waals surface area (Å²) in [6.07, 6.45) is 6.07. The molecule has 3 aliphatic rings. The number of hydrogen-bond donors (Lipinski definition) is 2. The first-order chi connectivity index (χ1) is 12.3. The number of rotatable bonds is 4. The van der Waals surface area contributed by atoms with Crippen LogP contribution < -0.4 is 15.5 Å². The number of morpholine rings is 1. The molecule has 3 unspecified atom stereocenters. The van der Waals surface area contributed by atoms with Crippen molar-refractivity contribution in [2.45, 2.75) is 44.1 Å². The SMILES string of the molecule is CN=C(NCc1cccnc1N1CCOCC1)NC1CC2CCC1O2.I. The first-order valence-corrected chi connectivity index (χ1v) is 9.22. The molecule has 8 heteroatoms. The maximum Gasteiger partial charge on any atom is 0.191 e. The quantitative estimate of drug-likeness (QED) is 0.393. The minimum Gasteiger partial charge on any atom is -0.378 e. The molecule has 0 saturated carbocycles. The summed E-state index contributed by atoms with van der Waals surface area (Å²) in [5, 5.41) is 6.96. The summed E-state index contributed by atoms with van der Waals surface area (Å²) in [5.74, 6) is 1.87. The van der Waals surface area contributed by atoms with Gasteiger partial charge in [-0.05, 0) is 25.3 Å². The van der Waals surface area contributed by atoms with Crippen molar-refractivity contribution >= 4 is 35.8 Å². The summed E-state index contributed by atoms with van der Waals surface area (Å²) in [4.78, 5) is 11.3. The van der Waals surface area contributed by atoms with Gasteiger partial charge in [0.2, 0.25) is 0 Å². The van der Waals surface area contributed by atoms with Gasteiger partial charge in [0.25, 0.3) is 0 Å². The van der Waals surface area contributed by atoms with Gasteiger partial charge in [-0.25, -0.2) is 4.98 Å². The van der Waals surface area contributed by atoms with E-state index in [-0.39, 0.29) is 24.0 Å². The molecule has 2 N–H and O–H groups in total. The van der Waals surface area contributed by atoms with E-state index >= 15 is 0 Å². The fraction of sp³-hybridized carbons (Fsp3) is 0.667. The molecule has 1 aromatic rings. The molecule has 4 heterocycles. The van der Waals surface area contributed by atoms with Crippen LogP contribution in [0.25, 0.3) is 0 Å². The Morgan fingerprint density at radius 3 is 2.88 bits per heavy atom. The van der Waals surface area contributed by atoms with Crippen molar-refractivity contribution in [2.75, 3.05) is 38.3 Å². The summed E-state index contributed by atoms with van der Waals surface area (Å²) in [7, 11) is 1.82. The molecule has 144 valence electrons. The Labute approximate surface area is 172 Å². The van der Waals surface area contributed by atoms with Crippen molar-refractivity contribution in [3.8, 4) is 0 Å². The van der Waals surface area contributed by atoms with Crippen LogP contribution in [0, 0.1) is 0 Å². The van der Waals surface area contributed by atoms with Gasteiger partial charge in [-0.2, -0.15) is 0 Å². The topological polar surface area (TPSA) is 71.0 Å². The Bertz CT molecular complexity index is 623. The summed E-state index contributed by atoms with van der Waals surface area (Å²) < 4.78 is 11.4. The second kappa shape index (κ2) is 9.18. The zero-order valence-electron chi connectivity index (χ0n) is 15.2. The van der Waals surface area contributed by atoms with Crippen molar-refractivity contribution in [1.82, 2.24) is 15.6 Å². The third-order valence-corrected chi connectivity index (χ3v) is 5.28. The molecule has 26 heavy (non-hydrogen) atoms. The number of aliphatic imine (C=N–C) groups is 1. The summed E-state index contributed by atoms with van der Waals surface area (Å²) in [6.45, 7) is 3.99. The molecular weight excluding hydrogens is 445 g/mol. The van der Waals surface area contributed by atoms with Crippen molar-refractivity contribution in [3.05, 3.63) is 23.9 Å². The molecule has 2 bridgehead atoms. The van der Waals surface area contributed by atoms with E-state index in [9.17, 15) is 0 Å². The molecule has 3 fully saturated rings. The third-order valence-electron chi connectivity index (χ3n) is 5.28. The van der Waals surface area contributed by atoms with Gasteiger partial charge in [-0.15, -0.1) is 24.0 Å². The first kappa shape index (κ1) is 19.6. The van der Waals surface area contributed by atoms with E-state index < -0.39 is 0 Å². The van der Waals surface area contributed by atoms with Gasteiger partial charge < -0.3 is 25.0 Å². The van der Waals surface area contributed by atoms with E-state index in [1.807, 2.05) is 19.3 Å². The summed E-state index contributed by atoms with van der Waals surface area (Å²) >= 11 is 0. The molecule has 3 atom stereocenters. The van der Waals surface area contributed by atoms with E-state index in [1.54, 1.807) is 0 Å². The Balaban J connectivity index is 0.00000196. The smallest absolute Gasteiger partial charge is 0.191 e. The standard InChI is InChI=1S/C18H27N5O2.HI/c1-19-18(22-15-11-14-4-5-16(15)25-14)21-12-13-3-2-6-20-17(13)23-7-9-24-10-8-23;/h2-3,6,14-16H,4-5,7-12H2,1H3,(H2,19,21,22);1H. The fourth-order valence-electron chi connectivity index (χ4n) is 3.97. The van der Waals surface area contributed by atoms with Crippen molar-refractivity contribution in [1.29, 1.82) is 0 Å². The van der Waals surface area contributed by atoms with Gasteiger partial charge in [0, 0.05) is 38.4 Å². The Kier molecular flexibility index (Phi) is 6.93. The fourth-order valence-corrected chi connectivity index (χ4v) is 3.97. The van der Waals surface area contributed by atoms with Crippen LogP contribution in [0.1, 0.15) is 24.8 Å². The highest BCUT2D eigenvalue weighted by molar-refractivity contribution is 14.0. The lowest BCUT2D eigenvalue weighted by Gasteiger charge is -2.29. The molecular formula is C18H28IN5O2. The lowest BCUT2D eigenvalue weighted by Crippen LogP contribution is -2.47. The van der Waals surface area contributed by atoms with E-state index in [0.717, 1.165) is 50.9 Å². The van der Waals surface area contributed by atoms with Crippen molar-refractivity contribution < 1.29 is 9.47 Å². The number of pyridine rings is 1. The van der Waals surface area contributed by atoms with Crippen LogP contribution in [0.5, 0.6) is 0 Å². The minimum atomic E-state index is 0. The molecule has 0 aliphatic carbocycles. The normalized spacial score (nSPS) is 28.0. The highest BCUT2D eigenvalue weighted by Crippen LogP contribution is 2.34. The van der Waals surface area contributed by atoms with E-state index in [2.05, 4.69) is 31.6 Å². The maximum absolute atomic E-state index is 5.92. The third kappa shape index (κ3) is 4.40. The molecule has 0 amide bonds.